The lowest BCUT2D eigenvalue weighted by Crippen LogP contribution is -2.30. The monoisotopic (exact) mass is 739 g/mol. The van der Waals surface area contributed by atoms with E-state index in [1.54, 1.807) is 60.7 Å². The van der Waals surface area contributed by atoms with Gasteiger partial charge in [-0.2, -0.15) is 0 Å². The van der Waals surface area contributed by atoms with Gasteiger partial charge in [-0.1, -0.05) is 94.3 Å². The molecule has 0 aromatic heterocycles. The largest absolute Gasteiger partial charge is 0.478 e. The summed E-state index contributed by atoms with van der Waals surface area (Å²) in [7, 11) is 0. The molecule has 0 spiro atoms. The van der Waals surface area contributed by atoms with Crippen molar-refractivity contribution >= 4 is 80.4 Å². The highest BCUT2D eigenvalue weighted by molar-refractivity contribution is 9.10. The molecular weight excluding hydrogens is 714 g/mol. The standard InChI is InChI=1S/C37H27BrClN3O5S/c38-27-17-14-23(15-18-27)20-32(42-34(43)25-10-5-2-6-11-25)35(44)40-28-12-7-13-29(22-28)48-33(24-8-3-1-4-9-24)36(45)41-31-21-26(37(46)47)16-19-30(31)39/h1-22,33H,(H,40,44)(H,41,45)(H,42,43)(H,46,47)/b32-20-. The quantitative estimate of drug-likeness (QED) is 0.0794. The Bertz CT molecular complexity index is 1990. The lowest BCUT2D eigenvalue weighted by Gasteiger charge is -2.18. The van der Waals surface area contributed by atoms with E-state index in [9.17, 15) is 24.3 Å². The summed E-state index contributed by atoms with van der Waals surface area (Å²) in [6.45, 7) is 0. The molecule has 0 aliphatic carbocycles. The van der Waals surface area contributed by atoms with E-state index in [4.69, 9.17) is 11.6 Å². The van der Waals surface area contributed by atoms with Crippen LogP contribution in [0.25, 0.3) is 6.08 Å². The van der Waals surface area contributed by atoms with E-state index < -0.39 is 28.9 Å². The molecular formula is C37H27BrClN3O5S. The predicted octanol–water partition coefficient (Wildman–Crippen LogP) is 8.68. The van der Waals surface area contributed by atoms with Gasteiger partial charge in [-0.3, -0.25) is 14.4 Å². The number of carbonyl (C=O) groups excluding carboxylic acids is 3. The number of halogens is 2. The van der Waals surface area contributed by atoms with Crippen molar-refractivity contribution in [2.75, 3.05) is 10.6 Å². The first-order chi connectivity index (χ1) is 23.2. The van der Waals surface area contributed by atoms with Gasteiger partial charge >= 0.3 is 5.97 Å². The van der Waals surface area contributed by atoms with Gasteiger partial charge < -0.3 is 21.1 Å². The minimum atomic E-state index is -1.15. The molecule has 0 radical (unpaired) electrons. The number of benzene rings is 5. The average Bonchev–Trinajstić information content (AvgIpc) is 3.09. The van der Waals surface area contributed by atoms with E-state index in [0.717, 1.165) is 4.47 Å². The van der Waals surface area contributed by atoms with Crippen molar-refractivity contribution < 1.29 is 24.3 Å². The predicted molar refractivity (Wildman–Crippen MR) is 193 cm³/mol. The van der Waals surface area contributed by atoms with Crippen molar-refractivity contribution in [2.24, 2.45) is 0 Å². The summed E-state index contributed by atoms with van der Waals surface area (Å²) in [5.74, 6) is -2.56. The van der Waals surface area contributed by atoms with E-state index in [2.05, 4.69) is 31.9 Å². The lowest BCUT2D eigenvalue weighted by molar-refractivity contribution is -0.116. The molecule has 0 heterocycles. The Balaban J connectivity index is 1.38. The zero-order valence-corrected chi connectivity index (χ0v) is 28.2. The molecule has 0 aliphatic heterocycles. The molecule has 0 saturated carbocycles. The minimum absolute atomic E-state index is 0.0180. The Morgan fingerprint density at radius 3 is 2.12 bits per heavy atom. The van der Waals surface area contributed by atoms with Crippen LogP contribution in [-0.4, -0.2) is 28.8 Å². The van der Waals surface area contributed by atoms with Gasteiger partial charge in [0.1, 0.15) is 10.9 Å². The molecule has 1 atom stereocenters. The van der Waals surface area contributed by atoms with Crippen LogP contribution in [0.4, 0.5) is 11.4 Å². The number of carboxylic acids is 1. The van der Waals surface area contributed by atoms with Gasteiger partial charge in [0.05, 0.1) is 16.3 Å². The number of nitrogens with one attached hydrogen (secondary N) is 3. The van der Waals surface area contributed by atoms with Gasteiger partial charge in [0.25, 0.3) is 11.8 Å². The molecule has 0 aliphatic rings. The first-order valence-electron chi connectivity index (χ1n) is 14.5. The van der Waals surface area contributed by atoms with Gasteiger partial charge in [0.2, 0.25) is 5.91 Å². The van der Waals surface area contributed by atoms with Gasteiger partial charge in [-0.15, -0.1) is 11.8 Å². The molecule has 3 amide bonds. The SMILES string of the molecule is O=C(Nc1cccc(SC(C(=O)Nc2cc(C(=O)O)ccc2Cl)c2ccccc2)c1)/C(=C/c1ccc(Br)cc1)NC(=O)c1ccccc1. The Morgan fingerprint density at radius 1 is 0.750 bits per heavy atom. The lowest BCUT2D eigenvalue weighted by atomic mass is 10.1. The van der Waals surface area contributed by atoms with Crippen LogP contribution in [0, 0.1) is 0 Å². The number of amides is 3. The number of rotatable bonds is 11. The van der Waals surface area contributed by atoms with E-state index in [1.807, 2.05) is 54.6 Å². The second kappa shape index (κ2) is 16.1. The first kappa shape index (κ1) is 34.2. The van der Waals surface area contributed by atoms with Gasteiger partial charge in [0.15, 0.2) is 0 Å². The third kappa shape index (κ3) is 9.22. The van der Waals surface area contributed by atoms with Crippen molar-refractivity contribution in [3.63, 3.8) is 0 Å². The first-order valence-corrected chi connectivity index (χ1v) is 16.5. The molecule has 48 heavy (non-hydrogen) atoms. The molecule has 11 heteroatoms. The summed E-state index contributed by atoms with van der Waals surface area (Å²) >= 11 is 10.9. The zero-order valence-electron chi connectivity index (χ0n) is 25.0. The Morgan fingerprint density at radius 2 is 1.44 bits per heavy atom. The highest BCUT2D eigenvalue weighted by atomic mass is 79.9. The van der Waals surface area contributed by atoms with Gasteiger partial charge in [0, 0.05) is 20.6 Å². The van der Waals surface area contributed by atoms with Crippen molar-refractivity contribution in [2.45, 2.75) is 10.1 Å². The number of anilines is 2. The fourth-order valence-electron chi connectivity index (χ4n) is 4.50. The highest BCUT2D eigenvalue weighted by Gasteiger charge is 2.24. The van der Waals surface area contributed by atoms with Crippen LogP contribution in [0.2, 0.25) is 5.02 Å². The summed E-state index contributed by atoms with van der Waals surface area (Å²) in [5.41, 5.74) is 2.42. The summed E-state index contributed by atoms with van der Waals surface area (Å²) < 4.78 is 0.868. The molecule has 5 aromatic rings. The number of aromatic carboxylic acids is 1. The number of hydrogen-bond acceptors (Lipinski definition) is 5. The normalized spacial score (nSPS) is 11.7. The summed E-state index contributed by atoms with van der Waals surface area (Å²) in [4.78, 5) is 52.4. The molecule has 0 bridgehead atoms. The van der Waals surface area contributed by atoms with Crippen LogP contribution in [-0.2, 0) is 9.59 Å². The fourth-order valence-corrected chi connectivity index (χ4v) is 6.02. The van der Waals surface area contributed by atoms with Crippen molar-refractivity contribution in [1.82, 2.24) is 5.32 Å². The van der Waals surface area contributed by atoms with Crippen LogP contribution in [0.5, 0.6) is 0 Å². The summed E-state index contributed by atoms with van der Waals surface area (Å²) in [6.07, 6.45) is 1.58. The van der Waals surface area contributed by atoms with Crippen LogP contribution in [0.1, 0.15) is 37.1 Å². The Labute approximate surface area is 294 Å². The zero-order chi connectivity index (χ0) is 34.0. The molecule has 0 fully saturated rings. The third-order valence-electron chi connectivity index (χ3n) is 6.87. The second-order valence-electron chi connectivity index (χ2n) is 10.3. The maximum atomic E-state index is 13.7. The molecule has 1 unspecified atom stereocenters. The summed E-state index contributed by atoms with van der Waals surface area (Å²) in [6, 6.07) is 36.0. The smallest absolute Gasteiger partial charge is 0.335 e. The molecule has 5 aromatic carbocycles. The van der Waals surface area contributed by atoms with Crippen LogP contribution in [0.15, 0.2) is 142 Å². The Kier molecular flexibility index (Phi) is 11.5. The van der Waals surface area contributed by atoms with Crippen LogP contribution < -0.4 is 16.0 Å². The van der Waals surface area contributed by atoms with E-state index in [1.165, 1.54) is 30.0 Å². The second-order valence-corrected chi connectivity index (χ2v) is 12.8. The van der Waals surface area contributed by atoms with Gasteiger partial charge in [-0.05, 0) is 77.9 Å². The van der Waals surface area contributed by atoms with E-state index >= 15 is 0 Å². The average molecular weight is 741 g/mol. The molecule has 5 rings (SSSR count). The van der Waals surface area contributed by atoms with Gasteiger partial charge in [-0.25, -0.2) is 4.79 Å². The maximum absolute atomic E-state index is 13.7. The summed E-state index contributed by atoms with van der Waals surface area (Å²) in [5, 5.41) is 17.2. The van der Waals surface area contributed by atoms with Crippen molar-refractivity contribution in [3.8, 4) is 0 Å². The molecule has 0 saturated heterocycles. The van der Waals surface area contributed by atoms with Crippen LogP contribution >= 0.6 is 39.3 Å². The Hall–Kier alpha value is -5.16. The minimum Gasteiger partial charge on any atom is -0.478 e. The number of carbonyl (C=O) groups is 4. The number of thioether (sulfide) groups is 1. The van der Waals surface area contributed by atoms with Crippen molar-refractivity contribution in [1.29, 1.82) is 0 Å². The molecule has 8 nitrogen and oxygen atoms in total. The number of carboxylic acid groups (broad SMARTS) is 1. The highest BCUT2D eigenvalue weighted by Crippen LogP contribution is 2.38. The van der Waals surface area contributed by atoms with Crippen molar-refractivity contribution in [3.05, 3.63) is 165 Å². The third-order valence-corrected chi connectivity index (χ3v) is 8.97. The molecule has 4 N–H and O–H groups in total. The van der Waals surface area contributed by atoms with Crippen LogP contribution in [0.3, 0.4) is 0 Å². The van der Waals surface area contributed by atoms with E-state index in [0.29, 0.717) is 27.3 Å². The van der Waals surface area contributed by atoms with E-state index in [-0.39, 0.29) is 22.0 Å². The fraction of sp³-hybridized carbons (Fsp3) is 0.0270. The molecule has 240 valence electrons. The number of hydrogen-bond donors (Lipinski definition) is 4. The maximum Gasteiger partial charge on any atom is 0.335 e. The topological polar surface area (TPSA) is 125 Å².